The average molecular weight is 318 g/mol. The van der Waals surface area contributed by atoms with Crippen molar-refractivity contribution in [3.63, 3.8) is 0 Å². The largest absolute Gasteiger partial charge is 0.508 e. The normalized spacial score (nSPS) is 18.4. The molecule has 0 bridgehead atoms. The van der Waals surface area contributed by atoms with E-state index in [4.69, 9.17) is 0 Å². The number of aromatic hydroxyl groups is 1. The summed E-state index contributed by atoms with van der Waals surface area (Å²) in [6, 6.07) is 4.68. The van der Waals surface area contributed by atoms with Crippen molar-refractivity contribution in [1.82, 2.24) is 4.90 Å². The second-order valence-electron chi connectivity index (χ2n) is 9.12. The molecule has 2 nitrogen and oxygen atoms in total. The Morgan fingerprint density at radius 2 is 1.57 bits per heavy atom. The third-order valence-corrected chi connectivity index (χ3v) is 5.13. The number of benzene rings is 1. The van der Waals surface area contributed by atoms with Crippen LogP contribution < -0.4 is 0 Å². The minimum Gasteiger partial charge on any atom is -0.508 e. The fourth-order valence-electron chi connectivity index (χ4n) is 3.74. The molecule has 130 valence electrons. The van der Waals surface area contributed by atoms with Crippen LogP contribution in [0.3, 0.4) is 0 Å². The predicted molar refractivity (Wildman–Crippen MR) is 99.3 cm³/mol. The summed E-state index contributed by atoms with van der Waals surface area (Å²) < 4.78 is 0. The van der Waals surface area contributed by atoms with Gasteiger partial charge in [-0.05, 0) is 60.4 Å². The Bertz CT molecular complexity index is 542. The van der Waals surface area contributed by atoms with Crippen LogP contribution >= 0.6 is 0 Å². The molecule has 1 aromatic rings. The molecule has 2 heteroatoms. The number of phenols is 1. The van der Waals surface area contributed by atoms with Crippen LogP contribution in [-0.4, -0.2) is 23.1 Å². The van der Waals surface area contributed by atoms with Gasteiger partial charge in [-0.3, -0.25) is 4.90 Å². The van der Waals surface area contributed by atoms with Crippen LogP contribution in [-0.2, 0) is 10.8 Å². The lowest BCUT2D eigenvalue weighted by molar-refractivity contribution is 0.231. The summed E-state index contributed by atoms with van der Waals surface area (Å²) in [5.41, 5.74) is 3.77. The van der Waals surface area contributed by atoms with Crippen LogP contribution in [0.25, 0.3) is 0 Å². The molecule has 0 radical (unpaired) electrons. The van der Waals surface area contributed by atoms with E-state index < -0.39 is 0 Å². The van der Waals surface area contributed by atoms with Crippen LogP contribution in [0.4, 0.5) is 0 Å². The van der Waals surface area contributed by atoms with Gasteiger partial charge in [-0.25, -0.2) is 0 Å². The Morgan fingerprint density at radius 3 is 2.00 bits per heavy atom. The fraction of sp³-hybridized carbons (Fsp3) is 0.714. The lowest BCUT2D eigenvalue weighted by Crippen LogP contribution is -2.28. The van der Waals surface area contributed by atoms with E-state index in [9.17, 15) is 5.11 Å². The first kappa shape index (κ1) is 18.3. The molecule has 1 unspecified atom stereocenters. The van der Waals surface area contributed by atoms with Crippen LogP contribution in [0.1, 0.15) is 90.5 Å². The van der Waals surface area contributed by atoms with E-state index >= 15 is 0 Å². The predicted octanol–water partition coefficient (Wildman–Crippen LogP) is 5.53. The molecule has 1 fully saturated rings. The number of phenolic OH excluding ortho intramolecular Hbond substituents is 1. The monoisotopic (exact) mass is 317 g/mol. The third kappa shape index (κ3) is 3.91. The van der Waals surface area contributed by atoms with Gasteiger partial charge in [0.25, 0.3) is 0 Å². The molecule has 1 atom stereocenters. The first-order valence-electron chi connectivity index (χ1n) is 9.17. The average Bonchev–Trinajstić information content (AvgIpc) is 2.92. The van der Waals surface area contributed by atoms with Crippen LogP contribution in [0.15, 0.2) is 12.1 Å². The van der Waals surface area contributed by atoms with E-state index in [1.165, 1.54) is 24.0 Å². The highest BCUT2D eigenvalue weighted by Gasteiger charge is 2.31. The molecule has 1 aliphatic heterocycles. The SMILES string of the molecule is CCC(c1c(O)cc(C(C)(C)C)cc1C(C)(C)C)N1CCCC1. The molecule has 0 spiro atoms. The molecular formula is C21H35NO. The van der Waals surface area contributed by atoms with Gasteiger partial charge in [0.1, 0.15) is 5.75 Å². The quantitative estimate of drug-likeness (QED) is 0.792. The molecule has 1 N–H and O–H groups in total. The summed E-state index contributed by atoms with van der Waals surface area (Å²) >= 11 is 0. The fourth-order valence-corrected chi connectivity index (χ4v) is 3.74. The summed E-state index contributed by atoms with van der Waals surface area (Å²) in [6.07, 6.45) is 3.61. The zero-order valence-electron chi connectivity index (χ0n) is 16.2. The molecule has 1 saturated heterocycles. The van der Waals surface area contributed by atoms with E-state index in [-0.39, 0.29) is 10.8 Å². The highest BCUT2D eigenvalue weighted by atomic mass is 16.3. The van der Waals surface area contributed by atoms with Gasteiger partial charge in [-0.2, -0.15) is 0 Å². The van der Waals surface area contributed by atoms with Gasteiger partial charge in [0, 0.05) is 11.6 Å². The standard InChI is InChI=1S/C21H35NO/c1-8-17(22-11-9-10-12-22)19-16(21(5,6)7)13-15(14-18(19)23)20(2,3)4/h13-14,17,23H,8-12H2,1-7H3. The Labute approximate surface area is 142 Å². The van der Waals surface area contributed by atoms with Gasteiger partial charge in [0.2, 0.25) is 0 Å². The van der Waals surface area contributed by atoms with Gasteiger partial charge in [0.05, 0.1) is 0 Å². The van der Waals surface area contributed by atoms with Crippen molar-refractivity contribution >= 4 is 0 Å². The van der Waals surface area contributed by atoms with Gasteiger partial charge in [-0.1, -0.05) is 54.5 Å². The number of rotatable bonds is 3. The second-order valence-corrected chi connectivity index (χ2v) is 9.12. The Kier molecular flexibility index (Phi) is 5.15. The zero-order valence-corrected chi connectivity index (χ0v) is 16.2. The van der Waals surface area contributed by atoms with E-state index in [1.807, 2.05) is 6.07 Å². The second kappa shape index (κ2) is 6.47. The first-order chi connectivity index (χ1) is 10.6. The summed E-state index contributed by atoms with van der Waals surface area (Å²) in [6.45, 7) is 18.0. The maximum Gasteiger partial charge on any atom is 0.120 e. The number of hydrogen-bond acceptors (Lipinski definition) is 2. The summed E-state index contributed by atoms with van der Waals surface area (Å²) in [5, 5.41) is 10.9. The molecule has 0 aromatic heterocycles. The summed E-state index contributed by atoms with van der Waals surface area (Å²) in [5.74, 6) is 0.487. The topological polar surface area (TPSA) is 23.5 Å². The highest BCUT2D eigenvalue weighted by Crippen LogP contribution is 2.43. The van der Waals surface area contributed by atoms with E-state index in [0.29, 0.717) is 11.8 Å². The molecule has 1 heterocycles. The molecule has 23 heavy (non-hydrogen) atoms. The molecule has 0 aliphatic carbocycles. The maximum absolute atomic E-state index is 10.9. The van der Waals surface area contributed by atoms with Gasteiger partial charge in [0.15, 0.2) is 0 Å². The van der Waals surface area contributed by atoms with Gasteiger partial charge >= 0.3 is 0 Å². The van der Waals surface area contributed by atoms with E-state index in [2.05, 4.69) is 59.4 Å². The molecule has 0 saturated carbocycles. The maximum atomic E-state index is 10.9. The lowest BCUT2D eigenvalue weighted by Gasteiger charge is -2.34. The number of hydrogen-bond donors (Lipinski definition) is 1. The minimum absolute atomic E-state index is 0.0290. The van der Waals surface area contributed by atoms with Crippen molar-refractivity contribution < 1.29 is 5.11 Å². The van der Waals surface area contributed by atoms with Crippen molar-refractivity contribution in [3.05, 3.63) is 28.8 Å². The summed E-state index contributed by atoms with van der Waals surface area (Å²) in [7, 11) is 0. The molecule has 0 amide bonds. The molecule has 1 aliphatic rings. The lowest BCUT2D eigenvalue weighted by atomic mass is 9.76. The third-order valence-electron chi connectivity index (χ3n) is 5.13. The van der Waals surface area contributed by atoms with Gasteiger partial charge < -0.3 is 5.11 Å². The van der Waals surface area contributed by atoms with Crippen molar-refractivity contribution in [2.45, 2.75) is 84.6 Å². The zero-order chi connectivity index (χ0) is 17.4. The first-order valence-corrected chi connectivity index (χ1v) is 9.17. The Balaban J connectivity index is 2.61. The Hall–Kier alpha value is -1.02. The minimum atomic E-state index is 0.0290. The van der Waals surface area contributed by atoms with Crippen molar-refractivity contribution in [1.29, 1.82) is 0 Å². The van der Waals surface area contributed by atoms with Crippen molar-refractivity contribution in [3.8, 4) is 5.75 Å². The number of nitrogens with zero attached hydrogens (tertiary/aromatic N) is 1. The van der Waals surface area contributed by atoms with Crippen molar-refractivity contribution in [2.75, 3.05) is 13.1 Å². The highest BCUT2D eigenvalue weighted by molar-refractivity contribution is 5.49. The number of likely N-dealkylation sites (tertiary alicyclic amines) is 1. The molecule has 1 aromatic carbocycles. The molecule has 2 rings (SSSR count). The molecular weight excluding hydrogens is 282 g/mol. The van der Waals surface area contributed by atoms with Crippen molar-refractivity contribution in [2.24, 2.45) is 0 Å². The summed E-state index contributed by atoms with van der Waals surface area (Å²) in [4.78, 5) is 2.56. The van der Waals surface area contributed by atoms with E-state index in [1.54, 1.807) is 0 Å². The van der Waals surface area contributed by atoms with Gasteiger partial charge in [-0.15, -0.1) is 0 Å². The van der Waals surface area contributed by atoms with Crippen LogP contribution in [0.2, 0.25) is 0 Å². The smallest absolute Gasteiger partial charge is 0.120 e. The van der Waals surface area contributed by atoms with Crippen LogP contribution in [0, 0.1) is 0 Å². The Morgan fingerprint density at radius 1 is 1.00 bits per heavy atom. The van der Waals surface area contributed by atoms with E-state index in [0.717, 1.165) is 25.1 Å². The van der Waals surface area contributed by atoms with Crippen LogP contribution in [0.5, 0.6) is 5.75 Å².